The molecule has 6 heteroatoms. The van der Waals surface area contributed by atoms with Crippen LogP contribution in [0.25, 0.3) is 10.2 Å². The van der Waals surface area contributed by atoms with Gasteiger partial charge in [0.05, 0.1) is 18.0 Å². The van der Waals surface area contributed by atoms with Crippen LogP contribution in [0.2, 0.25) is 0 Å². The van der Waals surface area contributed by atoms with Gasteiger partial charge in [0.2, 0.25) is 5.95 Å². The fourth-order valence-electron chi connectivity index (χ4n) is 2.22. The molecule has 0 aromatic carbocycles. The van der Waals surface area contributed by atoms with Gasteiger partial charge >= 0.3 is 0 Å². The first-order chi connectivity index (χ1) is 10.3. The third kappa shape index (κ3) is 4.28. The number of hydrogen-bond acceptors (Lipinski definition) is 6. The van der Waals surface area contributed by atoms with Crippen LogP contribution in [0.3, 0.4) is 0 Å². The van der Waals surface area contributed by atoms with Gasteiger partial charge in [0.25, 0.3) is 0 Å². The number of rotatable bonds is 9. The van der Waals surface area contributed by atoms with Crippen molar-refractivity contribution in [2.24, 2.45) is 0 Å². The van der Waals surface area contributed by atoms with Crippen LogP contribution < -0.4 is 10.6 Å². The number of ether oxygens (including phenoxy) is 1. The summed E-state index contributed by atoms with van der Waals surface area (Å²) in [6.45, 7) is 5.87. The highest BCUT2D eigenvalue weighted by molar-refractivity contribution is 7.16. The van der Waals surface area contributed by atoms with Crippen molar-refractivity contribution in [2.75, 3.05) is 30.9 Å². The normalized spacial score (nSPS) is 12.5. The zero-order chi connectivity index (χ0) is 15.1. The lowest BCUT2D eigenvalue weighted by Crippen LogP contribution is -2.25. The van der Waals surface area contributed by atoms with Crippen molar-refractivity contribution in [1.82, 2.24) is 9.97 Å². The number of nitrogens with one attached hydrogen (secondary N) is 2. The first kappa shape index (κ1) is 16.0. The second kappa shape index (κ2) is 8.14. The Hall–Kier alpha value is -1.40. The Kier molecular flexibility index (Phi) is 6.20. The Bertz CT molecular complexity index is 552. The number of hydrogen-bond donors (Lipinski definition) is 2. The predicted octanol–water partition coefficient (Wildman–Crippen LogP) is 3.74. The molecule has 0 aliphatic carbocycles. The monoisotopic (exact) mass is 308 g/mol. The lowest BCUT2D eigenvalue weighted by atomic mass is 10.2. The molecule has 0 aliphatic heterocycles. The SMILES string of the molecule is CCCNc1nc(NC(CCC)COC)c2ccsc2n1. The molecule has 5 nitrogen and oxygen atoms in total. The molecule has 0 fully saturated rings. The fraction of sp³-hybridized carbons (Fsp3) is 0.600. The number of thiophene rings is 1. The summed E-state index contributed by atoms with van der Waals surface area (Å²) in [7, 11) is 1.73. The summed E-state index contributed by atoms with van der Waals surface area (Å²) in [4.78, 5) is 10.2. The van der Waals surface area contributed by atoms with E-state index in [1.165, 1.54) is 0 Å². The van der Waals surface area contributed by atoms with Crippen molar-refractivity contribution in [1.29, 1.82) is 0 Å². The Morgan fingerprint density at radius 2 is 2.14 bits per heavy atom. The number of nitrogens with zero attached hydrogens (tertiary/aromatic N) is 2. The molecule has 21 heavy (non-hydrogen) atoms. The topological polar surface area (TPSA) is 59.1 Å². The van der Waals surface area contributed by atoms with Crippen molar-refractivity contribution in [2.45, 2.75) is 39.2 Å². The van der Waals surface area contributed by atoms with Crippen molar-refractivity contribution >= 4 is 33.3 Å². The Morgan fingerprint density at radius 1 is 1.29 bits per heavy atom. The number of methoxy groups -OCH3 is 1. The van der Waals surface area contributed by atoms with E-state index >= 15 is 0 Å². The summed E-state index contributed by atoms with van der Waals surface area (Å²) in [5.41, 5.74) is 0. The van der Waals surface area contributed by atoms with Crippen LogP contribution in [0.1, 0.15) is 33.1 Å². The minimum atomic E-state index is 0.275. The van der Waals surface area contributed by atoms with Crippen LogP contribution in [0.4, 0.5) is 11.8 Å². The molecule has 2 aromatic heterocycles. The molecule has 0 amide bonds. The standard InChI is InChI=1S/C15H24N4OS/c1-4-6-11(10-20-3)17-13-12-7-9-21-14(12)19-15(18-13)16-8-5-2/h7,9,11H,4-6,8,10H2,1-3H3,(H2,16,17,18,19). The van der Waals surface area contributed by atoms with Crippen molar-refractivity contribution in [3.8, 4) is 0 Å². The smallest absolute Gasteiger partial charge is 0.226 e. The summed E-state index contributed by atoms with van der Waals surface area (Å²) in [6, 6.07) is 2.35. The highest BCUT2D eigenvalue weighted by Crippen LogP contribution is 2.27. The van der Waals surface area contributed by atoms with Gasteiger partial charge in [-0.1, -0.05) is 20.3 Å². The van der Waals surface area contributed by atoms with Crippen LogP contribution >= 0.6 is 11.3 Å². The molecule has 0 aliphatic rings. The molecule has 116 valence electrons. The van der Waals surface area contributed by atoms with Gasteiger partial charge in [0, 0.05) is 13.7 Å². The largest absolute Gasteiger partial charge is 0.383 e. The van der Waals surface area contributed by atoms with E-state index in [-0.39, 0.29) is 6.04 Å². The molecule has 2 heterocycles. The van der Waals surface area contributed by atoms with E-state index in [9.17, 15) is 0 Å². The van der Waals surface area contributed by atoms with Crippen molar-refractivity contribution in [3.05, 3.63) is 11.4 Å². The minimum Gasteiger partial charge on any atom is -0.383 e. The summed E-state index contributed by atoms with van der Waals surface area (Å²) in [5.74, 6) is 1.59. The third-order valence-electron chi connectivity index (χ3n) is 3.20. The first-order valence-corrected chi connectivity index (χ1v) is 8.41. The van der Waals surface area contributed by atoms with Gasteiger partial charge in [-0.3, -0.25) is 0 Å². The van der Waals surface area contributed by atoms with Crippen LogP contribution in [0, 0.1) is 0 Å². The average molecular weight is 308 g/mol. The third-order valence-corrected chi connectivity index (χ3v) is 4.01. The Labute approximate surface area is 130 Å². The van der Waals surface area contributed by atoms with E-state index < -0.39 is 0 Å². The minimum absolute atomic E-state index is 0.275. The van der Waals surface area contributed by atoms with Crippen LogP contribution in [-0.4, -0.2) is 36.3 Å². The van der Waals surface area contributed by atoms with Crippen LogP contribution in [-0.2, 0) is 4.74 Å². The maximum absolute atomic E-state index is 5.30. The zero-order valence-electron chi connectivity index (χ0n) is 13.0. The van der Waals surface area contributed by atoms with Crippen LogP contribution in [0.5, 0.6) is 0 Å². The van der Waals surface area contributed by atoms with E-state index in [0.717, 1.165) is 41.8 Å². The van der Waals surface area contributed by atoms with E-state index in [0.29, 0.717) is 12.6 Å². The average Bonchev–Trinajstić information content (AvgIpc) is 2.94. The second-order valence-corrected chi connectivity index (χ2v) is 5.94. The molecule has 0 radical (unpaired) electrons. The lowest BCUT2D eigenvalue weighted by molar-refractivity contribution is 0.182. The van der Waals surface area contributed by atoms with E-state index in [1.54, 1.807) is 18.4 Å². The number of fused-ring (bicyclic) bond motifs is 1. The van der Waals surface area contributed by atoms with Gasteiger partial charge in [0.1, 0.15) is 10.6 Å². The maximum Gasteiger partial charge on any atom is 0.226 e. The molecule has 0 spiro atoms. The van der Waals surface area contributed by atoms with Gasteiger partial charge in [-0.2, -0.15) is 4.98 Å². The molecule has 0 bridgehead atoms. The summed E-state index contributed by atoms with van der Waals surface area (Å²) in [6.07, 6.45) is 3.22. The molecule has 2 aromatic rings. The van der Waals surface area contributed by atoms with Gasteiger partial charge in [-0.15, -0.1) is 11.3 Å². The second-order valence-electron chi connectivity index (χ2n) is 5.05. The summed E-state index contributed by atoms with van der Waals surface area (Å²) < 4.78 is 5.30. The van der Waals surface area contributed by atoms with Gasteiger partial charge in [-0.05, 0) is 24.3 Å². The molecular formula is C15H24N4OS. The molecule has 1 atom stereocenters. The van der Waals surface area contributed by atoms with Crippen molar-refractivity contribution in [3.63, 3.8) is 0 Å². The quantitative estimate of drug-likeness (QED) is 0.739. The van der Waals surface area contributed by atoms with Crippen LogP contribution in [0.15, 0.2) is 11.4 Å². The predicted molar refractivity (Wildman–Crippen MR) is 90.4 cm³/mol. The Morgan fingerprint density at radius 3 is 2.86 bits per heavy atom. The maximum atomic E-state index is 5.30. The highest BCUT2D eigenvalue weighted by Gasteiger charge is 2.13. The molecule has 0 saturated carbocycles. The fourth-order valence-corrected chi connectivity index (χ4v) is 2.99. The molecular weight excluding hydrogens is 284 g/mol. The molecule has 1 unspecified atom stereocenters. The number of aromatic nitrogens is 2. The van der Waals surface area contributed by atoms with E-state index in [4.69, 9.17) is 4.74 Å². The summed E-state index contributed by atoms with van der Waals surface area (Å²) in [5, 5.41) is 9.92. The molecule has 2 rings (SSSR count). The van der Waals surface area contributed by atoms with Gasteiger partial charge in [-0.25, -0.2) is 4.98 Å². The first-order valence-electron chi connectivity index (χ1n) is 7.53. The highest BCUT2D eigenvalue weighted by atomic mass is 32.1. The van der Waals surface area contributed by atoms with Gasteiger partial charge in [0.15, 0.2) is 0 Å². The lowest BCUT2D eigenvalue weighted by Gasteiger charge is -2.18. The number of anilines is 2. The molecule has 2 N–H and O–H groups in total. The van der Waals surface area contributed by atoms with E-state index in [1.807, 2.05) is 0 Å². The molecule has 0 saturated heterocycles. The Balaban J connectivity index is 2.24. The van der Waals surface area contributed by atoms with Crippen molar-refractivity contribution < 1.29 is 4.74 Å². The zero-order valence-corrected chi connectivity index (χ0v) is 13.8. The summed E-state index contributed by atoms with van der Waals surface area (Å²) >= 11 is 1.64. The van der Waals surface area contributed by atoms with Gasteiger partial charge < -0.3 is 15.4 Å². The van der Waals surface area contributed by atoms with E-state index in [2.05, 4.69) is 45.9 Å².